The predicted octanol–water partition coefficient (Wildman–Crippen LogP) is 5.83. The molecule has 15 nitrogen and oxygen atoms in total. The zero-order chi connectivity index (χ0) is 36.9. The first-order valence-electron chi connectivity index (χ1n) is 15.7. The van der Waals surface area contributed by atoms with Crippen LogP contribution in [0.1, 0.15) is 46.0 Å². The molecule has 0 aliphatic rings. The second kappa shape index (κ2) is 19.1. The molecule has 0 saturated carbocycles. The van der Waals surface area contributed by atoms with E-state index in [0.717, 1.165) is 31.9 Å². The van der Waals surface area contributed by atoms with E-state index in [-0.39, 0.29) is 35.0 Å². The number of amides is 1. The molecule has 2 aromatic carbocycles. The molecule has 0 spiro atoms. The molecule has 1 amide bonds. The number of nitrogens with one attached hydrogen (secondary N) is 3. The highest BCUT2D eigenvalue weighted by Gasteiger charge is 2.45. The first-order chi connectivity index (χ1) is 23.6. The van der Waals surface area contributed by atoms with E-state index in [1.54, 1.807) is 24.3 Å². The summed E-state index contributed by atoms with van der Waals surface area (Å²) in [4.78, 5) is 70.8. The van der Waals surface area contributed by atoms with E-state index < -0.39 is 33.0 Å². The van der Waals surface area contributed by atoms with Crippen molar-refractivity contribution in [2.45, 2.75) is 51.4 Å². The maximum absolute atomic E-state index is 12.6. The highest BCUT2D eigenvalue weighted by Crippen LogP contribution is 2.61. The van der Waals surface area contributed by atoms with Gasteiger partial charge < -0.3 is 45.0 Å². The topological polar surface area (TPSA) is 230 Å². The number of rotatable bonds is 20. The molecule has 1 heterocycles. The van der Waals surface area contributed by atoms with Crippen molar-refractivity contribution in [1.29, 1.82) is 0 Å². The Morgan fingerprint density at radius 3 is 2.44 bits per heavy atom. The number of esters is 1. The number of carbonyl (C=O) groups is 2. The predicted molar refractivity (Wildman–Crippen MR) is 191 cm³/mol. The Balaban J connectivity index is 1.81. The van der Waals surface area contributed by atoms with Gasteiger partial charge in [-0.05, 0) is 62.2 Å². The van der Waals surface area contributed by atoms with Crippen molar-refractivity contribution in [2.75, 3.05) is 30.3 Å². The van der Waals surface area contributed by atoms with Gasteiger partial charge in [0.2, 0.25) is 11.9 Å². The normalized spacial score (nSPS) is 12.3. The lowest BCUT2D eigenvalue weighted by Crippen LogP contribution is -2.21. The fraction of sp³-hybridized carbons (Fsp3) is 0.375. The summed E-state index contributed by atoms with van der Waals surface area (Å²) >= 11 is 6.41. The fourth-order valence-electron chi connectivity index (χ4n) is 4.72. The second-order valence-electron chi connectivity index (χ2n) is 11.4. The van der Waals surface area contributed by atoms with Gasteiger partial charge in [0, 0.05) is 23.0 Å². The van der Waals surface area contributed by atoms with Gasteiger partial charge in [0.15, 0.2) is 16.9 Å². The van der Waals surface area contributed by atoms with Crippen LogP contribution >= 0.6 is 26.8 Å². The molecule has 18 heteroatoms. The summed E-state index contributed by atoms with van der Waals surface area (Å²) in [5, 5.41) is 6.75. The third-order valence-electron chi connectivity index (χ3n) is 7.23. The smallest absolute Gasteiger partial charge is 0.341 e. The minimum atomic E-state index is -5.36. The minimum absolute atomic E-state index is 0.0590. The number of benzene rings is 2. The molecule has 0 aliphatic carbocycles. The van der Waals surface area contributed by atoms with Gasteiger partial charge in [-0.15, -0.1) is 0 Å². The molecule has 0 fully saturated rings. The van der Waals surface area contributed by atoms with Crippen molar-refractivity contribution >= 4 is 56.0 Å². The SMILES string of the molecule is C=CC(=O)Nc1cccc(-c2nc(Nc3ccc(OC(=O)CC(P(=O)(O)O)P(=O)(O)O)c(OCCCNCCC(C)CCC)c3)ncc2Cl)c1. The van der Waals surface area contributed by atoms with Crippen LogP contribution in [0.5, 0.6) is 11.5 Å². The lowest BCUT2D eigenvalue weighted by Gasteiger charge is -2.19. The van der Waals surface area contributed by atoms with Crippen molar-refractivity contribution in [3.8, 4) is 22.8 Å². The van der Waals surface area contributed by atoms with Gasteiger partial charge in [-0.2, -0.15) is 0 Å². The lowest BCUT2D eigenvalue weighted by atomic mass is 10.0. The number of aromatic nitrogens is 2. The van der Waals surface area contributed by atoms with E-state index in [0.29, 0.717) is 41.5 Å². The molecule has 1 aromatic heterocycles. The summed E-state index contributed by atoms with van der Waals surface area (Å²) in [5.74, 6) is -1.01. The minimum Gasteiger partial charge on any atom is -0.490 e. The zero-order valence-corrected chi connectivity index (χ0v) is 30.2. The van der Waals surface area contributed by atoms with Crippen molar-refractivity contribution in [3.63, 3.8) is 0 Å². The van der Waals surface area contributed by atoms with Crippen LogP contribution in [0.3, 0.4) is 0 Å². The Bertz CT molecular complexity index is 1710. The van der Waals surface area contributed by atoms with Crippen LogP contribution < -0.4 is 25.4 Å². The molecular weight excluding hydrogens is 712 g/mol. The largest absolute Gasteiger partial charge is 0.490 e. The number of hydrogen-bond acceptors (Lipinski definition) is 10. The number of nitrogens with zero attached hydrogens (tertiary/aromatic N) is 2. The fourth-order valence-corrected chi connectivity index (χ4v) is 7.26. The zero-order valence-electron chi connectivity index (χ0n) is 27.6. The molecule has 0 aliphatic heterocycles. The summed E-state index contributed by atoms with van der Waals surface area (Å²) in [6.45, 7) is 9.50. The van der Waals surface area contributed by atoms with Gasteiger partial charge in [0.05, 0.1) is 29.9 Å². The number of anilines is 3. The van der Waals surface area contributed by atoms with Crippen LogP contribution in [0.15, 0.2) is 61.3 Å². The molecule has 50 heavy (non-hydrogen) atoms. The molecule has 1 unspecified atom stereocenters. The molecule has 3 rings (SSSR count). The van der Waals surface area contributed by atoms with Gasteiger partial charge in [-0.3, -0.25) is 18.7 Å². The first-order valence-corrected chi connectivity index (χ1v) is 19.5. The monoisotopic (exact) mass is 753 g/mol. The maximum Gasteiger partial charge on any atom is 0.341 e. The van der Waals surface area contributed by atoms with Gasteiger partial charge >= 0.3 is 21.2 Å². The standard InChI is InChI=1S/C32H42ClN5O10P2/c1-4-8-21(3)13-15-34-14-7-16-47-27-18-24(11-12-26(27)48-29(40)19-30(49(41,42)43)50(44,45)46)37-32-35-20-25(33)31(38-32)22-9-6-10-23(17-22)36-28(39)5-2/h5-6,9-12,17-18,20-21,30,34H,2,4,7-8,13-16,19H2,1,3H3,(H,36,39)(H,35,37,38)(H2,41,42,43)(H2,44,45,46). The van der Waals surface area contributed by atoms with E-state index >= 15 is 0 Å². The van der Waals surface area contributed by atoms with E-state index in [9.17, 15) is 38.3 Å². The first kappa shape index (κ1) is 40.8. The second-order valence-corrected chi connectivity index (χ2v) is 15.8. The van der Waals surface area contributed by atoms with Crippen LogP contribution in [0.4, 0.5) is 17.3 Å². The third kappa shape index (κ3) is 13.2. The molecular formula is C32H42ClN5O10P2. The molecule has 272 valence electrons. The molecule has 0 radical (unpaired) electrons. The third-order valence-corrected chi connectivity index (χ3v) is 11.2. The summed E-state index contributed by atoms with van der Waals surface area (Å²) < 4.78 is 34.6. The average Bonchev–Trinajstić information content (AvgIpc) is 3.04. The Morgan fingerprint density at radius 1 is 1.02 bits per heavy atom. The maximum atomic E-state index is 12.6. The van der Waals surface area contributed by atoms with Crippen molar-refractivity contribution < 1.29 is 47.8 Å². The highest BCUT2D eigenvalue weighted by molar-refractivity contribution is 7.70. The van der Waals surface area contributed by atoms with Crippen LogP contribution in [-0.4, -0.2) is 66.5 Å². The average molecular weight is 754 g/mol. The number of carbonyl (C=O) groups excluding carboxylic acids is 2. The Hall–Kier alpha value is -3.65. The summed E-state index contributed by atoms with van der Waals surface area (Å²) in [6, 6.07) is 11.1. The molecule has 3 aromatic rings. The van der Waals surface area contributed by atoms with Crippen molar-refractivity contribution in [1.82, 2.24) is 15.3 Å². The molecule has 0 bridgehead atoms. The Kier molecular flexibility index (Phi) is 15.6. The summed E-state index contributed by atoms with van der Waals surface area (Å²) in [5.41, 5.74) is 1.84. The number of halogens is 1. The van der Waals surface area contributed by atoms with Crippen LogP contribution in [0.2, 0.25) is 5.02 Å². The van der Waals surface area contributed by atoms with Gasteiger partial charge in [-0.25, -0.2) is 9.97 Å². The van der Waals surface area contributed by atoms with E-state index in [2.05, 4.69) is 46.3 Å². The number of hydrogen-bond donors (Lipinski definition) is 7. The summed E-state index contributed by atoms with van der Waals surface area (Å²) in [6.07, 6.45) is 5.21. The van der Waals surface area contributed by atoms with E-state index in [1.165, 1.54) is 24.4 Å². The van der Waals surface area contributed by atoms with Crippen LogP contribution in [-0.2, 0) is 18.7 Å². The molecule has 1 atom stereocenters. The molecule has 7 N–H and O–H groups in total. The van der Waals surface area contributed by atoms with Crippen LogP contribution in [0.25, 0.3) is 11.3 Å². The van der Waals surface area contributed by atoms with Crippen molar-refractivity contribution in [3.05, 3.63) is 66.3 Å². The number of ether oxygens (including phenoxy) is 2. The van der Waals surface area contributed by atoms with Gasteiger partial charge in [0.25, 0.3) is 0 Å². The van der Waals surface area contributed by atoms with Gasteiger partial charge in [-0.1, -0.05) is 57.0 Å². The van der Waals surface area contributed by atoms with Crippen molar-refractivity contribution in [2.24, 2.45) is 5.92 Å². The highest BCUT2D eigenvalue weighted by atomic mass is 35.5. The van der Waals surface area contributed by atoms with E-state index in [1.807, 2.05) is 0 Å². The Labute approximate surface area is 295 Å². The van der Waals surface area contributed by atoms with Gasteiger partial charge in [0.1, 0.15) is 0 Å². The Morgan fingerprint density at radius 2 is 1.76 bits per heavy atom. The van der Waals surface area contributed by atoms with E-state index in [4.69, 9.17) is 21.1 Å². The molecule has 0 saturated heterocycles. The van der Waals surface area contributed by atoms with Crippen LogP contribution in [0, 0.1) is 5.92 Å². The summed E-state index contributed by atoms with van der Waals surface area (Å²) in [7, 11) is -10.7. The quantitative estimate of drug-likeness (QED) is 0.0237. The lowest BCUT2D eigenvalue weighted by molar-refractivity contribution is -0.134.